The molecule has 0 aromatic heterocycles. The summed E-state index contributed by atoms with van der Waals surface area (Å²) in [6.45, 7) is 14.4. The zero-order valence-corrected chi connectivity index (χ0v) is 13.2. The Kier molecular flexibility index (Phi) is 8.62. The molecule has 1 heterocycles. The molecule has 19 heavy (non-hydrogen) atoms. The first-order valence-electron chi connectivity index (χ1n) is 7.85. The minimum atomic E-state index is 0.250. The molecule has 1 fully saturated rings. The third-order valence-corrected chi connectivity index (χ3v) is 3.61. The number of nitrogens with zero attached hydrogens (tertiary/aromatic N) is 1. The van der Waals surface area contributed by atoms with Crippen LogP contribution in [0.25, 0.3) is 0 Å². The van der Waals surface area contributed by atoms with Gasteiger partial charge in [0, 0.05) is 25.7 Å². The zero-order chi connectivity index (χ0) is 14.1. The van der Waals surface area contributed by atoms with Gasteiger partial charge < -0.3 is 14.8 Å². The lowest BCUT2D eigenvalue weighted by molar-refractivity contribution is -0.0688. The van der Waals surface area contributed by atoms with Gasteiger partial charge in [0.1, 0.15) is 0 Å². The summed E-state index contributed by atoms with van der Waals surface area (Å²) < 4.78 is 11.7. The Bertz CT molecular complexity index is 224. The van der Waals surface area contributed by atoms with E-state index in [-0.39, 0.29) is 6.10 Å². The highest BCUT2D eigenvalue weighted by Gasteiger charge is 2.28. The van der Waals surface area contributed by atoms with Crippen LogP contribution in [0, 0.1) is 0 Å². The second-order valence-electron chi connectivity index (χ2n) is 5.63. The second kappa shape index (κ2) is 9.70. The van der Waals surface area contributed by atoms with Crippen LogP contribution in [0.15, 0.2) is 0 Å². The molecule has 0 aromatic rings. The van der Waals surface area contributed by atoms with Crippen LogP contribution < -0.4 is 5.32 Å². The van der Waals surface area contributed by atoms with E-state index >= 15 is 0 Å². The summed E-state index contributed by atoms with van der Waals surface area (Å²) >= 11 is 0. The average Bonchev–Trinajstić information content (AvgIpc) is 2.43. The summed E-state index contributed by atoms with van der Waals surface area (Å²) in [5.41, 5.74) is 0. The van der Waals surface area contributed by atoms with Crippen LogP contribution >= 0.6 is 0 Å². The van der Waals surface area contributed by atoms with Crippen LogP contribution in [-0.4, -0.2) is 62.5 Å². The molecule has 114 valence electrons. The van der Waals surface area contributed by atoms with Crippen LogP contribution in [0.2, 0.25) is 0 Å². The SMILES string of the molecule is CCCNC(COCCC)C1CN(C(C)C)CCO1. The first kappa shape index (κ1) is 16.9. The number of hydrogen-bond donors (Lipinski definition) is 1. The Hall–Kier alpha value is -0.160. The normalized spacial score (nSPS) is 22.9. The van der Waals surface area contributed by atoms with Crippen molar-refractivity contribution < 1.29 is 9.47 Å². The standard InChI is InChI=1S/C15H32N2O2/c1-5-7-16-14(12-18-9-6-2)15-11-17(13(3)4)8-10-19-15/h13-16H,5-12H2,1-4H3. The Morgan fingerprint density at radius 1 is 1.32 bits per heavy atom. The maximum atomic E-state index is 5.96. The number of nitrogens with one attached hydrogen (secondary N) is 1. The van der Waals surface area contributed by atoms with Gasteiger partial charge in [-0.3, -0.25) is 4.90 Å². The van der Waals surface area contributed by atoms with Crippen molar-refractivity contribution in [1.29, 1.82) is 0 Å². The molecular weight excluding hydrogens is 240 g/mol. The van der Waals surface area contributed by atoms with Gasteiger partial charge in [-0.25, -0.2) is 0 Å². The Labute approximate surface area is 118 Å². The molecule has 2 atom stereocenters. The lowest BCUT2D eigenvalue weighted by Gasteiger charge is -2.39. The molecule has 4 nitrogen and oxygen atoms in total. The van der Waals surface area contributed by atoms with Gasteiger partial charge in [0.05, 0.1) is 25.4 Å². The second-order valence-corrected chi connectivity index (χ2v) is 5.63. The van der Waals surface area contributed by atoms with Crippen molar-refractivity contribution in [2.45, 2.75) is 58.7 Å². The van der Waals surface area contributed by atoms with Gasteiger partial charge in [-0.05, 0) is 33.2 Å². The third-order valence-electron chi connectivity index (χ3n) is 3.61. The molecule has 2 unspecified atom stereocenters. The molecule has 0 radical (unpaired) electrons. The fourth-order valence-corrected chi connectivity index (χ4v) is 2.39. The summed E-state index contributed by atoms with van der Waals surface area (Å²) in [5.74, 6) is 0. The lowest BCUT2D eigenvalue weighted by atomic mass is 10.1. The molecule has 0 bridgehead atoms. The van der Waals surface area contributed by atoms with E-state index in [2.05, 4.69) is 37.9 Å². The van der Waals surface area contributed by atoms with E-state index in [1.807, 2.05) is 0 Å². The Morgan fingerprint density at radius 2 is 2.11 bits per heavy atom. The van der Waals surface area contributed by atoms with Gasteiger partial charge in [-0.1, -0.05) is 13.8 Å². The predicted octanol–water partition coefficient (Wildman–Crippen LogP) is 1.89. The highest BCUT2D eigenvalue weighted by atomic mass is 16.5. The zero-order valence-electron chi connectivity index (χ0n) is 13.2. The lowest BCUT2D eigenvalue weighted by Crippen LogP contribution is -2.55. The van der Waals surface area contributed by atoms with Crippen LogP contribution in [0.4, 0.5) is 0 Å². The molecule has 1 N–H and O–H groups in total. The summed E-state index contributed by atoms with van der Waals surface area (Å²) in [5, 5.41) is 3.58. The van der Waals surface area contributed by atoms with Crippen molar-refractivity contribution >= 4 is 0 Å². The molecule has 0 saturated carbocycles. The number of morpholine rings is 1. The minimum absolute atomic E-state index is 0.250. The van der Waals surface area contributed by atoms with Gasteiger partial charge in [-0.15, -0.1) is 0 Å². The van der Waals surface area contributed by atoms with Crippen molar-refractivity contribution in [1.82, 2.24) is 10.2 Å². The number of ether oxygens (including phenoxy) is 2. The smallest absolute Gasteiger partial charge is 0.0877 e. The molecular formula is C15H32N2O2. The maximum absolute atomic E-state index is 5.96. The average molecular weight is 272 g/mol. The van der Waals surface area contributed by atoms with E-state index < -0.39 is 0 Å². The largest absolute Gasteiger partial charge is 0.380 e. The van der Waals surface area contributed by atoms with Crippen LogP contribution in [0.1, 0.15) is 40.5 Å². The summed E-state index contributed by atoms with van der Waals surface area (Å²) in [6.07, 6.45) is 2.47. The monoisotopic (exact) mass is 272 g/mol. The van der Waals surface area contributed by atoms with Gasteiger partial charge in [0.2, 0.25) is 0 Å². The van der Waals surface area contributed by atoms with E-state index in [4.69, 9.17) is 9.47 Å². The fraction of sp³-hybridized carbons (Fsp3) is 1.00. The summed E-state index contributed by atoms with van der Waals surface area (Å²) in [7, 11) is 0. The topological polar surface area (TPSA) is 33.7 Å². The van der Waals surface area contributed by atoms with Crippen molar-refractivity contribution in [2.24, 2.45) is 0 Å². The molecule has 0 spiro atoms. The quantitative estimate of drug-likeness (QED) is 0.650. The van der Waals surface area contributed by atoms with Crippen LogP contribution in [0.5, 0.6) is 0 Å². The summed E-state index contributed by atoms with van der Waals surface area (Å²) in [4.78, 5) is 2.49. The minimum Gasteiger partial charge on any atom is -0.380 e. The molecule has 0 aromatic carbocycles. The fourth-order valence-electron chi connectivity index (χ4n) is 2.39. The molecule has 1 aliphatic rings. The van der Waals surface area contributed by atoms with Gasteiger partial charge in [0.15, 0.2) is 0 Å². The van der Waals surface area contributed by atoms with Crippen LogP contribution in [-0.2, 0) is 9.47 Å². The van der Waals surface area contributed by atoms with Gasteiger partial charge in [-0.2, -0.15) is 0 Å². The molecule has 4 heteroatoms. The van der Waals surface area contributed by atoms with Gasteiger partial charge in [0.25, 0.3) is 0 Å². The molecule has 1 aliphatic heterocycles. The number of hydrogen-bond acceptors (Lipinski definition) is 4. The third kappa shape index (κ3) is 6.21. The van der Waals surface area contributed by atoms with E-state index in [1.165, 1.54) is 0 Å². The summed E-state index contributed by atoms with van der Waals surface area (Å²) in [6, 6.07) is 0.905. The van der Waals surface area contributed by atoms with Crippen molar-refractivity contribution in [2.75, 3.05) is 39.5 Å². The predicted molar refractivity (Wildman–Crippen MR) is 79.6 cm³/mol. The van der Waals surface area contributed by atoms with E-state index in [9.17, 15) is 0 Å². The van der Waals surface area contributed by atoms with Gasteiger partial charge >= 0.3 is 0 Å². The molecule has 1 rings (SSSR count). The van der Waals surface area contributed by atoms with E-state index in [1.54, 1.807) is 0 Å². The first-order chi connectivity index (χ1) is 9.19. The maximum Gasteiger partial charge on any atom is 0.0877 e. The van der Waals surface area contributed by atoms with E-state index in [0.717, 1.165) is 52.3 Å². The molecule has 0 aliphatic carbocycles. The van der Waals surface area contributed by atoms with Crippen molar-refractivity contribution in [3.8, 4) is 0 Å². The first-order valence-corrected chi connectivity index (χ1v) is 7.85. The highest BCUT2D eigenvalue weighted by molar-refractivity contribution is 4.84. The highest BCUT2D eigenvalue weighted by Crippen LogP contribution is 2.12. The van der Waals surface area contributed by atoms with E-state index in [0.29, 0.717) is 12.1 Å². The van der Waals surface area contributed by atoms with Crippen molar-refractivity contribution in [3.63, 3.8) is 0 Å². The Balaban J connectivity index is 2.46. The molecule has 0 amide bonds. The Morgan fingerprint density at radius 3 is 2.74 bits per heavy atom. The molecule has 1 saturated heterocycles. The van der Waals surface area contributed by atoms with Crippen LogP contribution in [0.3, 0.4) is 0 Å². The number of rotatable bonds is 9. The van der Waals surface area contributed by atoms with Crippen molar-refractivity contribution in [3.05, 3.63) is 0 Å².